The summed E-state index contributed by atoms with van der Waals surface area (Å²) in [6.45, 7) is 7.95. The summed E-state index contributed by atoms with van der Waals surface area (Å²) >= 11 is 0. The van der Waals surface area contributed by atoms with Gasteiger partial charge in [0.1, 0.15) is 0 Å². The fourth-order valence-electron chi connectivity index (χ4n) is 2.15. The van der Waals surface area contributed by atoms with Crippen molar-refractivity contribution < 1.29 is 0 Å². The molecule has 0 saturated heterocycles. The number of nitrogens with zero attached hydrogens (tertiary/aromatic N) is 1. The molecule has 0 saturated carbocycles. The van der Waals surface area contributed by atoms with Crippen molar-refractivity contribution in [1.29, 1.82) is 0 Å². The predicted molar refractivity (Wildman–Crippen MR) is 84.6 cm³/mol. The highest BCUT2D eigenvalue weighted by Crippen LogP contribution is 2.02. The molecule has 108 valence electrons. The van der Waals surface area contributed by atoms with Gasteiger partial charge in [-0.15, -0.1) is 0 Å². The molecule has 0 aliphatic carbocycles. The van der Waals surface area contributed by atoms with E-state index in [4.69, 9.17) is 0 Å². The van der Waals surface area contributed by atoms with Crippen LogP contribution in [0.2, 0.25) is 0 Å². The molecule has 0 spiro atoms. The predicted octanol–water partition coefficient (Wildman–Crippen LogP) is 3.33. The standard InChI is InChI=1S/C17H30N2/c1-16(2)18-13-8-5-9-14-19(3)15-12-17-10-6-4-7-11-17/h4,6-7,10-11,16,18H,5,8-9,12-15H2,1-3H3. The number of hydrogen-bond donors (Lipinski definition) is 1. The molecule has 0 aromatic heterocycles. The summed E-state index contributed by atoms with van der Waals surface area (Å²) in [6, 6.07) is 11.4. The Morgan fingerprint density at radius 1 is 1.00 bits per heavy atom. The maximum absolute atomic E-state index is 3.47. The van der Waals surface area contributed by atoms with Crippen molar-refractivity contribution in [2.24, 2.45) is 0 Å². The Hall–Kier alpha value is -0.860. The third kappa shape index (κ3) is 8.79. The summed E-state index contributed by atoms with van der Waals surface area (Å²) in [5.41, 5.74) is 1.44. The largest absolute Gasteiger partial charge is 0.315 e. The SMILES string of the molecule is CC(C)NCCCCCN(C)CCc1ccccc1. The van der Waals surface area contributed by atoms with Crippen molar-refractivity contribution in [3.63, 3.8) is 0 Å². The molecule has 0 bridgehead atoms. The van der Waals surface area contributed by atoms with E-state index >= 15 is 0 Å². The highest BCUT2D eigenvalue weighted by molar-refractivity contribution is 5.14. The lowest BCUT2D eigenvalue weighted by Crippen LogP contribution is -2.24. The molecule has 0 amide bonds. The minimum absolute atomic E-state index is 0.619. The molecule has 0 atom stereocenters. The van der Waals surface area contributed by atoms with Gasteiger partial charge in [0.2, 0.25) is 0 Å². The van der Waals surface area contributed by atoms with Crippen LogP contribution in [0.15, 0.2) is 30.3 Å². The van der Waals surface area contributed by atoms with E-state index in [1.54, 1.807) is 0 Å². The van der Waals surface area contributed by atoms with E-state index in [9.17, 15) is 0 Å². The van der Waals surface area contributed by atoms with Gasteiger partial charge in [-0.1, -0.05) is 50.6 Å². The third-order valence-electron chi connectivity index (χ3n) is 3.39. The van der Waals surface area contributed by atoms with Gasteiger partial charge in [0.05, 0.1) is 0 Å². The third-order valence-corrected chi connectivity index (χ3v) is 3.39. The lowest BCUT2D eigenvalue weighted by Gasteiger charge is -2.16. The monoisotopic (exact) mass is 262 g/mol. The van der Waals surface area contributed by atoms with Crippen LogP contribution < -0.4 is 5.32 Å². The molecule has 2 heteroatoms. The summed E-state index contributed by atoms with van der Waals surface area (Å²) in [5.74, 6) is 0. The fraction of sp³-hybridized carbons (Fsp3) is 0.647. The van der Waals surface area contributed by atoms with E-state index in [1.165, 1.54) is 31.4 Å². The first kappa shape index (κ1) is 16.2. The van der Waals surface area contributed by atoms with Crippen LogP contribution in [0.5, 0.6) is 0 Å². The van der Waals surface area contributed by atoms with E-state index in [0.29, 0.717) is 6.04 Å². The quantitative estimate of drug-likeness (QED) is 0.651. The smallest absolute Gasteiger partial charge is 0.00188 e. The number of likely N-dealkylation sites (N-methyl/N-ethyl adjacent to an activating group) is 1. The Balaban J connectivity index is 1.98. The minimum Gasteiger partial charge on any atom is -0.315 e. The Morgan fingerprint density at radius 2 is 1.74 bits per heavy atom. The van der Waals surface area contributed by atoms with Crippen molar-refractivity contribution in [3.05, 3.63) is 35.9 Å². The van der Waals surface area contributed by atoms with Crippen LogP contribution in [0.1, 0.15) is 38.7 Å². The summed E-state index contributed by atoms with van der Waals surface area (Å²) in [6.07, 6.45) is 5.09. The molecule has 1 N–H and O–H groups in total. The first-order chi connectivity index (χ1) is 9.18. The van der Waals surface area contributed by atoms with Crippen molar-refractivity contribution in [3.8, 4) is 0 Å². The van der Waals surface area contributed by atoms with Crippen LogP contribution >= 0.6 is 0 Å². The minimum atomic E-state index is 0.619. The molecule has 1 rings (SSSR count). The molecule has 1 aromatic carbocycles. The van der Waals surface area contributed by atoms with Crippen LogP contribution in [0, 0.1) is 0 Å². The van der Waals surface area contributed by atoms with Gasteiger partial charge in [-0.2, -0.15) is 0 Å². The van der Waals surface area contributed by atoms with Gasteiger partial charge in [0.15, 0.2) is 0 Å². The molecular formula is C17H30N2. The van der Waals surface area contributed by atoms with E-state index in [1.807, 2.05) is 0 Å². The fourth-order valence-corrected chi connectivity index (χ4v) is 2.15. The molecule has 0 aliphatic heterocycles. The molecular weight excluding hydrogens is 232 g/mol. The maximum atomic E-state index is 3.47. The Morgan fingerprint density at radius 3 is 2.42 bits per heavy atom. The number of benzene rings is 1. The van der Waals surface area contributed by atoms with Gasteiger partial charge in [-0.25, -0.2) is 0 Å². The zero-order chi connectivity index (χ0) is 13.9. The summed E-state index contributed by atoms with van der Waals surface area (Å²) < 4.78 is 0. The Kier molecular flexibility index (Phi) is 8.52. The number of unbranched alkanes of at least 4 members (excludes halogenated alkanes) is 2. The first-order valence-corrected chi connectivity index (χ1v) is 7.64. The van der Waals surface area contributed by atoms with E-state index < -0.39 is 0 Å². The lowest BCUT2D eigenvalue weighted by molar-refractivity contribution is 0.327. The van der Waals surface area contributed by atoms with Gasteiger partial charge in [0.25, 0.3) is 0 Å². The van der Waals surface area contributed by atoms with Crippen molar-refractivity contribution in [1.82, 2.24) is 10.2 Å². The summed E-state index contributed by atoms with van der Waals surface area (Å²) in [7, 11) is 2.23. The Labute approximate surface area is 119 Å². The molecule has 0 heterocycles. The molecule has 1 aromatic rings. The molecule has 0 fully saturated rings. The second kappa shape index (κ2) is 9.99. The molecule has 19 heavy (non-hydrogen) atoms. The number of hydrogen-bond acceptors (Lipinski definition) is 2. The van der Waals surface area contributed by atoms with Crippen molar-refractivity contribution in [2.45, 2.75) is 45.6 Å². The topological polar surface area (TPSA) is 15.3 Å². The summed E-state index contributed by atoms with van der Waals surface area (Å²) in [4.78, 5) is 2.45. The first-order valence-electron chi connectivity index (χ1n) is 7.64. The average molecular weight is 262 g/mol. The van der Waals surface area contributed by atoms with Gasteiger partial charge in [-0.05, 0) is 45.0 Å². The lowest BCUT2D eigenvalue weighted by atomic mass is 10.1. The zero-order valence-corrected chi connectivity index (χ0v) is 12.9. The van der Waals surface area contributed by atoms with E-state index in [-0.39, 0.29) is 0 Å². The van der Waals surface area contributed by atoms with Crippen LogP contribution in [0.3, 0.4) is 0 Å². The zero-order valence-electron chi connectivity index (χ0n) is 12.9. The number of nitrogens with one attached hydrogen (secondary N) is 1. The highest BCUT2D eigenvalue weighted by atomic mass is 15.1. The van der Waals surface area contributed by atoms with E-state index in [2.05, 4.69) is 61.4 Å². The number of rotatable bonds is 10. The molecule has 0 aliphatic rings. The van der Waals surface area contributed by atoms with Crippen LogP contribution in [-0.4, -0.2) is 37.6 Å². The maximum Gasteiger partial charge on any atom is 0.00188 e. The Bertz CT molecular complexity index is 308. The van der Waals surface area contributed by atoms with Crippen LogP contribution in [0.4, 0.5) is 0 Å². The van der Waals surface area contributed by atoms with Crippen molar-refractivity contribution in [2.75, 3.05) is 26.7 Å². The average Bonchev–Trinajstić information content (AvgIpc) is 2.41. The van der Waals surface area contributed by atoms with Crippen molar-refractivity contribution >= 4 is 0 Å². The van der Waals surface area contributed by atoms with Gasteiger partial charge in [0, 0.05) is 12.6 Å². The molecule has 2 nitrogen and oxygen atoms in total. The van der Waals surface area contributed by atoms with Gasteiger partial charge >= 0.3 is 0 Å². The summed E-state index contributed by atoms with van der Waals surface area (Å²) in [5, 5.41) is 3.47. The van der Waals surface area contributed by atoms with Gasteiger partial charge < -0.3 is 10.2 Å². The van der Waals surface area contributed by atoms with E-state index in [0.717, 1.165) is 19.5 Å². The molecule has 0 unspecified atom stereocenters. The van der Waals surface area contributed by atoms with Crippen LogP contribution in [-0.2, 0) is 6.42 Å². The second-order valence-corrected chi connectivity index (χ2v) is 5.71. The van der Waals surface area contributed by atoms with Gasteiger partial charge in [-0.3, -0.25) is 0 Å². The second-order valence-electron chi connectivity index (χ2n) is 5.71. The van der Waals surface area contributed by atoms with Crippen LogP contribution in [0.25, 0.3) is 0 Å². The highest BCUT2D eigenvalue weighted by Gasteiger charge is 1.99. The molecule has 0 radical (unpaired) electrons. The normalized spacial score (nSPS) is 11.4.